The molecule has 0 spiro atoms. The van der Waals surface area contributed by atoms with Crippen LogP contribution in [0, 0.1) is 19.8 Å². The van der Waals surface area contributed by atoms with Crippen LogP contribution >= 0.6 is 0 Å². The molecule has 8 nitrogen and oxygen atoms in total. The molecule has 0 aliphatic carbocycles. The van der Waals surface area contributed by atoms with E-state index >= 15 is 0 Å². The zero-order chi connectivity index (χ0) is 20.5. The molecule has 1 N–H and O–H groups in total. The Morgan fingerprint density at radius 1 is 1.28 bits per heavy atom. The number of fused-ring (bicyclic) bond motifs is 1. The Labute approximate surface area is 169 Å². The van der Waals surface area contributed by atoms with Crippen LogP contribution in [0.4, 0.5) is 11.5 Å². The SMILES string of the molecule is Cc1ccc(NC(=O)Cn2nc3nc(N4CCC[C@H](C)C4)ccn3c2=O)c(C)c1. The fourth-order valence-electron chi connectivity index (χ4n) is 3.85. The van der Waals surface area contributed by atoms with Crippen molar-refractivity contribution in [3.63, 3.8) is 0 Å². The van der Waals surface area contributed by atoms with Gasteiger partial charge in [-0.15, -0.1) is 5.10 Å². The molecule has 0 unspecified atom stereocenters. The van der Waals surface area contributed by atoms with E-state index in [1.807, 2.05) is 38.1 Å². The Morgan fingerprint density at radius 2 is 2.10 bits per heavy atom. The number of carbonyl (C=O) groups excluding carboxylic acids is 1. The summed E-state index contributed by atoms with van der Waals surface area (Å²) >= 11 is 0. The van der Waals surface area contributed by atoms with Crippen LogP contribution in [0.25, 0.3) is 5.78 Å². The normalized spacial score (nSPS) is 16.9. The van der Waals surface area contributed by atoms with Gasteiger partial charge in [0.25, 0.3) is 5.78 Å². The summed E-state index contributed by atoms with van der Waals surface area (Å²) in [6.45, 7) is 7.92. The van der Waals surface area contributed by atoms with E-state index in [-0.39, 0.29) is 18.1 Å². The van der Waals surface area contributed by atoms with Crippen molar-refractivity contribution in [2.45, 2.75) is 40.2 Å². The molecular weight excluding hydrogens is 368 g/mol. The number of anilines is 2. The first-order valence-corrected chi connectivity index (χ1v) is 9.99. The van der Waals surface area contributed by atoms with E-state index in [4.69, 9.17) is 0 Å². The number of amides is 1. The van der Waals surface area contributed by atoms with Gasteiger partial charge in [-0.25, -0.2) is 13.9 Å². The van der Waals surface area contributed by atoms with Gasteiger partial charge in [0, 0.05) is 25.0 Å². The lowest BCUT2D eigenvalue weighted by molar-refractivity contribution is -0.117. The molecule has 0 radical (unpaired) electrons. The third-order valence-electron chi connectivity index (χ3n) is 5.37. The summed E-state index contributed by atoms with van der Waals surface area (Å²) in [5.41, 5.74) is 2.46. The van der Waals surface area contributed by atoms with E-state index in [9.17, 15) is 9.59 Å². The molecule has 1 atom stereocenters. The third kappa shape index (κ3) is 4.01. The first-order valence-electron chi connectivity index (χ1n) is 9.99. The zero-order valence-electron chi connectivity index (χ0n) is 17.1. The largest absolute Gasteiger partial charge is 0.356 e. The highest BCUT2D eigenvalue weighted by molar-refractivity contribution is 5.91. The molecule has 152 valence electrons. The summed E-state index contributed by atoms with van der Waals surface area (Å²) in [6, 6.07) is 7.64. The standard InChI is InChI=1S/C21H26N6O2/c1-14-6-7-17(16(3)11-14)22-19(28)13-27-21(29)26-10-8-18(23-20(26)24-27)25-9-4-5-15(2)12-25/h6-8,10-11,15H,4-5,9,12-13H2,1-3H3,(H,22,28)/t15-/m0/s1. The highest BCUT2D eigenvalue weighted by atomic mass is 16.2. The molecular formula is C21H26N6O2. The van der Waals surface area contributed by atoms with Crippen LogP contribution in [-0.2, 0) is 11.3 Å². The number of piperidine rings is 1. The topological polar surface area (TPSA) is 84.5 Å². The second kappa shape index (κ2) is 7.69. The number of aryl methyl sites for hydroxylation is 2. The van der Waals surface area contributed by atoms with Crippen molar-refractivity contribution in [3.8, 4) is 0 Å². The van der Waals surface area contributed by atoms with Crippen LogP contribution in [0.5, 0.6) is 0 Å². The quantitative estimate of drug-likeness (QED) is 0.734. The summed E-state index contributed by atoms with van der Waals surface area (Å²) in [5, 5.41) is 7.12. The fraction of sp³-hybridized carbons (Fsp3) is 0.429. The van der Waals surface area contributed by atoms with Crippen molar-refractivity contribution in [3.05, 3.63) is 52.1 Å². The molecule has 3 aromatic rings. The number of carbonyl (C=O) groups is 1. The van der Waals surface area contributed by atoms with Gasteiger partial charge < -0.3 is 10.2 Å². The highest BCUT2D eigenvalue weighted by Gasteiger charge is 2.19. The van der Waals surface area contributed by atoms with Crippen molar-refractivity contribution in [1.82, 2.24) is 19.2 Å². The summed E-state index contributed by atoms with van der Waals surface area (Å²) in [6.07, 6.45) is 4.04. The van der Waals surface area contributed by atoms with E-state index in [0.29, 0.717) is 11.7 Å². The number of hydrogen-bond donors (Lipinski definition) is 1. The monoisotopic (exact) mass is 394 g/mol. The van der Waals surface area contributed by atoms with Crippen LogP contribution in [0.2, 0.25) is 0 Å². The Balaban J connectivity index is 1.53. The van der Waals surface area contributed by atoms with Gasteiger partial charge in [0.2, 0.25) is 5.91 Å². The Morgan fingerprint density at radius 3 is 2.86 bits per heavy atom. The van der Waals surface area contributed by atoms with Crippen molar-refractivity contribution in [2.75, 3.05) is 23.3 Å². The predicted octanol–water partition coefficient (Wildman–Crippen LogP) is 2.38. The van der Waals surface area contributed by atoms with Gasteiger partial charge in [-0.05, 0) is 50.3 Å². The van der Waals surface area contributed by atoms with Crippen molar-refractivity contribution in [1.29, 1.82) is 0 Å². The van der Waals surface area contributed by atoms with Gasteiger partial charge in [-0.3, -0.25) is 4.79 Å². The van der Waals surface area contributed by atoms with Gasteiger partial charge in [0.1, 0.15) is 12.4 Å². The van der Waals surface area contributed by atoms with Crippen LogP contribution in [0.1, 0.15) is 30.9 Å². The molecule has 0 bridgehead atoms. The number of nitrogens with zero attached hydrogens (tertiary/aromatic N) is 5. The average Bonchev–Trinajstić information content (AvgIpc) is 2.99. The molecule has 8 heteroatoms. The molecule has 0 saturated carbocycles. The molecule has 29 heavy (non-hydrogen) atoms. The van der Waals surface area contributed by atoms with E-state index in [2.05, 4.69) is 27.2 Å². The highest BCUT2D eigenvalue weighted by Crippen LogP contribution is 2.21. The average molecular weight is 394 g/mol. The molecule has 1 aromatic carbocycles. The second-order valence-corrected chi connectivity index (χ2v) is 7.96. The molecule has 1 amide bonds. The number of rotatable bonds is 4. The van der Waals surface area contributed by atoms with Gasteiger partial charge in [-0.1, -0.05) is 24.6 Å². The first kappa shape index (κ1) is 19.2. The van der Waals surface area contributed by atoms with E-state index in [1.54, 1.807) is 6.20 Å². The van der Waals surface area contributed by atoms with Crippen molar-refractivity contribution < 1.29 is 4.79 Å². The lowest BCUT2D eigenvalue weighted by Crippen LogP contribution is -2.35. The number of nitrogens with one attached hydrogen (secondary N) is 1. The maximum absolute atomic E-state index is 12.6. The fourth-order valence-corrected chi connectivity index (χ4v) is 3.85. The van der Waals surface area contributed by atoms with Crippen molar-refractivity contribution in [2.24, 2.45) is 5.92 Å². The van der Waals surface area contributed by atoms with Crippen LogP contribution in [-0.4, -0.2) is 38.2 Å². The Kier molecular flexibility index (Phi) is 5.08. The van der Waals surface area contributed by atoms with Gasteiger partial charge in [0.15, 0.2) is 0 Å². The third-order valence-corrected chi connectivity index (χ3v) is 5.37. The van der Waals surface area contributed by atoms with Gasteiger partial charge in [0.05, 0.1) is 0 Å². The lowest BCUT2D eigenvalue weighted by atomic mass is 10.0. The molecule has 3 heterocycles. The number of aromatic nitrogens is 4. The summed E-state index contributed by atoms with van der Waals surface area (Å²) < 4.78 is 2.53. The molecule has 1 saturated heterocycles. The minimum absolute atomic E-state index is 0.161. The van der Waals surface area contributed by atoms with Crippen LogP contribution < -0.4 is 15.9 Å². The molecule has 1 aliphatic rings. The molecule has 1 aliphatic heterocycles. The Hall–Kier alpha value is -3.16. The lowest BCUT2D eigenvalue weighted by Gasteiger charge is -2.31. The van der Waals surface area contributed by atoms with E-state index < -0.39 is 0 Å². The maximum Gasteiger partial charge on any atom is 0.352 e. The van der Waals surface area contributed by atoms with Gasteiger partial charge >= 0.3 is 5.69 Å². The second-order valence-electron chi connectivity index (χ2n) is 7.96. The van der Waals surface area contributed by atoms with E-state index in [1.165, 1.54) is 10.8 Å². The van der Waals surface area contributed by atoms with Crippen LogP contribution in [0.15, 0.2) is 35.3 Å². The first-order chi connectivity index (χ1) is 13.9. The van der Waals surface area contributed by atoms with E-state index in [0.717, 1.165) is 46.8 Å². The number of benzene rings is 1. The Bertz CT molecular complexity index is 1120. The molecule has 4 rings (SSSR count). The smallest absolute Gasteiger partial charge is 0.352 e. The summed E-state index contributed by atoms with van der Waals surface area (Å²) in [7, 11) is 0. The van der Waals surface area contributed by atoms with Gasteiger partial charge in [-0.2, -0.15) is 4.98 Å². The maximum atomic E-state index is 12.6. The minimum atomic E-state index is -0.373. The minimum Gasteiger partial charge on any atom is -0.356 e. The number of hydrogen-bond acceptors (Lipinski definition) is 5. The zero-order valence-corrected chi connectivity index (χ0v) is 17.1. The van der Waals surface area contributed by atoms with Crippen molar-refractivity contribution >= 4 is 23.2 Å². The summed E-state index contributed by atoms with van der Waals surface area (Å²) in [5.74, 6) is 1.45. The predicted molar refractivity (Wildman–Crippen MR) is 112 cm³/mol. The molecule has 1 fully saturated rings. The van der Waals surface area contributed by atoms with Crippen LogP contribution in [0.3, 0.4) is 0 Å². The molecule has 2 aromatic heterocycles. The summed E-state index contributed by atoms with van der Waals surface area (Å²) in [4.78, 5) is 31.8.